The van der Waals surface area contributed by atoms with Crippen LogP contribution in [0.25, 0.3) is 0 Å². The molecule has 4 unspecified atom stereocenters. The zero-order valence-electron chi connectivity index (χ0n) is 32.9. The van der Waals surface area contributed by atoms with Crippen LogP contribution in [0.3, 0.4) is 0 Å². The molecule has 0 aromatic heterocycles. The van der Waals surface area contributed by atoms with Crippen molar-refractivity contribution < 1.29 is 9.53 Å². The van der Waals surface area contributed by atoms with Crippen LogP contribution in [0.5, 0.6) is 0 Å². The van der Waals surface area contributed by atoms with Crippen LogP contribution in [0.2, 0.25) is 0 Å². The van der Waals surface area contributed by atoms with Gasteiger partial charge in [0.1, 0.15) is 6.10 Å². The van der Waals surface area contributed by atoms with E-state index in [4.69, 9.17) is 4.74 Å². The fraction of sp³-hybridized carbons (Fsp3) is 0.766. The smallest absolute Gasteiger partial charge is 0.306 e. The Bertz CT molecular complexity index is 1140. The molecule has 2 heteroatoms. The first kappa shape index (κ1) is 39.9. The molecule has 0 heterocycles. The lowest BCUT2D eigenvalue weighted by molar-refractivity contribution is -0.151. The zero-order valence-corrected chi connectivity index (χ0v) is 32.9. The summed E-state index contributed by atoms with van der Waals surface area (Å²) in [6, 6.07) is 0. The van der Waals surface area contributed by atoms with Crippen molar-refractivity contribution in [2.24, 2.45) is 46.3 Å². The summed E-state index contributed by atoms with van der Waals surface area (Å²) in [5.41, 5.74) is 2.50. The maximum absolute atomic E-state index is 12.8. The lowest BCUT2D eigenvalue weighted by atomic mass is 9.47. The Balaban J connectivity index is 1.11. The standard InChI is InChI=1S/C47H76O2/c1-7-8-9-10-11-12-13-14-15-16-17-18-19-20-21-22-23-27-45(48)49-40-32-34-46(5)39(36-40)28-29-41-43-31-30-42(38(4)26-24-25-37(2)3)47(43,6)35-33-44(41)46/h8-9,11-12,14-15,17-18,28,37-38,40-44H,7,10,13,16,19-27,29-36H2,1-6H3/b9-8-,12-11-,15-14-,18-17-/t38-,40+,41?,42?,43?,44?,46+,47-/m1/s1. The molecule has 2 nitrogen and oxygen atoms in total. The predicted octanol–water partition coefficient (Wildman–Crippen LogP) is 14.1. The van der Waals surface area contributed by atoms with E-state index in [1.807, 2.05) is 0 Å². The highest BCUT2D eigenvalue weighted by Gasteiger charge is 2.59. The second-order valence-corrected chi connectivity index (χ2v) is 17.6. The minimum Gasteiger partial charge on any atom is -0.462 e. The summed E-state index contributed by atoms with van der Waals surface area (Å²) in [5.74, 6) is 5.26. The van der Waals surface area contributed by atoms with Crippen LogP contribution in [-0.4, -0.2) is 12.1 Å². The molecule has 0 aliphatic heterocycles. The van der Waals surface area contributed by atoms with Gasteiger partial charge in [-0.25, -0.2) is 0 Å². The van der Waals surface area contributed by atoms with E-state index >= 15 is 0 Å². The Hall–Kier alpha value is -1.83. The van der Waals surface area contributed by atoms with Crippen molar-refractivity contribution in [1.82, 2.24) is 0 Å². The molecule has 0 aromatic carbocycles. The predicted molar refractivity (Wildman–Crippen MR) is 211 cm³/mol. The number of fused-ring (bicyclic) bond motifs is 5. The number of allylic oxidation sites excluding steroid dienone is 9. The molecule has 0 saturated heterocycles. The van der Waals surface area contributed by atoms with Gasteiger partial charge in [-0.1, -0.05) is 134 Å². The van der Waals surface area contributed by atoms with Gasteiger partial charge in [0, 0.05) is 12.8 Å². The first-order chi connectivity index (χ1) is 23.7. The molecule has 0 aromatic rings. The second kappa shape index (κ2) is 20.3. The van der Waals surface area contributed by atoms with Crippen molar-refractivity contribution in [3.63, 3.8) is 0 Å². The van der Waals surface area contributed by atoms with E-state index in [9.17, 15) is 4.79 Å². The van der Waals surface area contributed by atoms with E-state index in [1.54, 1.807) is 5.57 Å². The summed E-state index contributed by atoms with van der Waals surface area (Å²) < 4.78 is 6.12. The van der Waals surface area contributed by atoms with E-state index in [1.165, 1.54) is 70.6 Å². The molecule has 4 rings (SSSR count). The first-order valence-electron chi connectivity index (χ1n) is 21.2. The Morgan fingerprint density at radius 2 is 1.49 bits per heavy atom. The van der Waals surface area contributed by atoms with Gasteiger partial charge in [0.2, 0.25) is 0 Å². The van der Waals surface area contributed by atoms with Crippen LogP contribution in [0.15, 0.2) is 60.3 Å². The van der Waals surface area contributed by atoms with Gasteiger partial charge in [0.25, 0.3) is 0 Å². The third-order valence-electron chi connectivity index (χ3n) is 13.8. The van der Waals surface area contributed by atoms with E-state index in [0.717, 1.165) is 93.3 Å². The van der Waals surface area contributed by atoms with Crippen LogP contribution in [0.4, 0.5) is 0 Å². The number of unbranched alkanes of at least 4 members (excludes halogenated alkanes) is 4. The minimum absolute atomic E-state index is 0.0368. The number of hydrogen-bond donors (Lipinski definition) is 0. The molecular weight excluding hydrogens is 597 g/mol. The lowest BCUT2D eigenvalue weighted by Gasteiger charge is -2.58. The fourth-order valence-corrected chi connectivity index (χ4v) is 11.0. The van der Waals surface area contributed by atoms with Crippen molar-refractivity contribution in [2.75, 3.05) is 0 Å². The van der Waals surface area contributed by atoms with Gasteiger partial charge in [-0.15, -0.1) is 0 Å². The molecule has 0 spiro atoms. The van der Waals surface area contributed by atoms with Gasteiger partial charge in [0.15, 0.2) is 0 Å². The second-order valence-electron chi connectivity index (χ2n) is 17.6. The maximum atomic E-state index is 12.8. The van der Waals surface area contributed by atoms with Crippen LogP contribution in [0, 0.1) is 46.3 Å². The highest BCUT2D eigenvalue weighted by atomic mass is 16.5. The molecule has 4 aliphatic rings. The van der Waals surface area contributed by atoms with Gasteiger partial charge >= 0.3 is 5.97 Å². The minimum atomic E-state index is 0.0368. The van der Waals surface area contributed by atoms with E-state index in [2.05, 4.69) is 96.2 Å². The van der Waals surface area contributed by atoms with Crippen molar-refractivity contribution in [1.29, 1.82) is 0 Å². The van der Waals surface area contributed by atoms with E-state index in [0.29, 0.717) is 17.3 Å². The SMILES string of the molecule is CC/C=C\C/C=C\C/C=C\C/C=C\CCCCCCC(=O)O[C@H]1CC[C@@]2(C)C(=CCC3C4CCC([C@H](C)CCCC(C)C)[C@@]4(C)CCC32)C1. The number of carbonyl (C=O) groups is 1. The van der Waals surface area contributed by atoms with Crippen LogP contribution < -0.4 is 0 Å². The lowest BCUT2D eigenvalue weighted by Crippen LogP contribution is -2.51. The fourth-order valence-electron chi connectivity index (χ4n) is 11.0. The van der Waals surface area contributed by atoms with Crippen molar-refractivity contribution in [3.8, 4) is 0 Å². The number of rotatable bonds is 20. The molecule has 0 amide bonds. The third-order valence-corrected chi connectivity index (χ3v) is 13.8. The monoisotopic (exact) mass is 673 g/mol. The number of hydrogen-bond acceptors (Lipinski definition) is 2. The normalized spacial score (nSPS) is 32.2. The highest BCUT2D eigenvalue weighted by Crippen LogP contribution is 2.67. The summed E-state index contributed by atoms with van der Waals surface area (Å²) in [6.45, 7) is 14.8. The molecule has 49 heavy (non-hydrogen) atoms. The summed E-state index contributed by atoms with van der Waals surface area (Å²) in [5, 5.41) is 0. The van der Waals surface area contributed by atoms with Gasteiger partial charge in [-0.2, -0.15) is 0 Å². The third kappa shape index (κ3) is 11.3. The molecule has 276 valence electrons. The summed E-state index contributed by atoms with van der Waals surface area (Å²) in [4.78, 5) is 12.8. The van der Waals surface area contributed by atoms with Crippen LogP contribution in [0.1, 0.15) is 176 Å². The Labute approximate surface area is 303 Å². The number of esters is 1. The van der Waals surface area contributed by atoms with E-state index in [-0.39, 0.29) is 12.1 Å². The van der Waals surface area contributed by atoms with Crippen molar-refractivity contribution in [2.45, 2.75) is 182 Å². The largest absolute Gasteiger partial charge is 0.462 e. The molecule has 0 radical (unpaired) electrons. The van der Waals surface area contributed by atoms with Gasteiger partial charge in [0.05, 0.1) is 0 Å². The zero-order chi connectivity index (χ0) is 35.1. The molecule has 4 aliphatic carbocycles. The molecule has 0 bridgehead atoms. The Kier molecular flexibility index (Phi) is 16.5. The van der Waals surface area contributed by atoms with Crippen molar-refractivity contribution in [3.05, 3.63) is 60.3 Å². The van der Waals surface area contributed by atoms with Gasteiger partial charge < -0.3 is 4.74 Å². The summed E-state index contributed by atoms with van der Waals surface area (Å²) in [6.07, 6.45) is 45.7. The molecule has 0 N–H and O–H groups in total. The average molecular weight is 673 g/mol. The molecule has 3 saturated carbocycles. The number of ether oxygens (including phenoxy) is 1. The summed E-state index contributed by atoms with van der Waals surface area (Å²) in [7, 11) is 0. The highest BCUT2D eigenvalue weighted by molar-refractivity contribution is 5.69. The first-order valence-corrected chi connectivity index (χ1v) is 21.2. The van der Waals surface area contributed by atoms with Gasteiger partial charge in [-0.3, -0.25) is 4.79 Å². The molecular formula is C47H76O2. The quantitative estimate of drug-likeness (QED) is 0.0731. The molecule has 8 atom stereocenters. The Morgan fingerprint density at radius 3 is 2.20 bits per heavy atom. The van der Waals surface area contributed by atoms with Crippen LogP contribution in [-0.2, 0) is 9.53 Å². The van der Waals surface area contributed by atoms with Crippen molar-refractivity contribution >= 4 is 5.97 Å². The van der Waals surface area contributed by atoms with E-state index < -0.39 is 0 Å². The average Bonchev–Trinajstić information content (AvgIpc) is 3.43. The maximum Gasteiger partial charge on any atom is 0.306 e. The summed E-state index contributed by atoms with van der Waals surface area (Å²) >= 11 is 0. The Morgan fingerprint density at radius 1 is 0.796 bits per heavy atom. The molecule has 3 fully saturated rings. The topological polar surface area (TPSA) is 26.3 Å². The van der Waals surface area contributed by atoms with Gasteiger partial charge in [-0.05, 0) is 136 Å². The van der Waals surface area contributed by atoms with Crippen LogP contribution >= 0.6 is 0 Å². The number of carbonyl (C=O) groups excluding carboxylic acids is 1.